The van der Waals surface area contributed by atoms with Crippen LogP contribution in [-0.2, 0) is 9.53 Å². The fourth-order valence-corrected chi connectivity index (χ4v) is 2.80. The molecule has 2 aromatic carbocycles. The highest BCUT2D eigenvalue weighted by Crippen LogP contribution is 2.24. The van der Waals surface area contributed by atoms with E-state index in [1.54, 1.807) is 13.2 Å². The molecule has 0 saturated carbocycles. The summed E-state index contributed by atoms with van der Waals surface area (Å²) in [6.07, 6.45) is 1.61. The van der Waals surface area contributed by atoms with Crippen LogP contribution in [0.3, 0.4) is 0 Å². The molecule has 0 spiro atoms. The predicted octanol–water partition coefficient (Wildman–Crippen LogP) is 3.36. The highest BCUT2D eigenvalue weighted by molar-refractivity contribution is 6.02. The zero-order valence-corrected chi connectivity index (χ0v) is 15.6. The number of carbonyl (C=O) groups excluding carboxylic acids is 1. The van der Waals surface area contributed by atoms with E-state index in [1.807, 2.05) is 24.3 Å². The summed E-state index contributed by atoms with van der Waals surface area (Å²) in [5, 5.41) is 14.1. The van der Waals surface area contributed by atoms with Gasteiger partial charge in [0.1, 0.15) is 11.6 Å². The Morgan fingerprint density at radius 3 is 2.54 bits per heavy atom. The molecular formula is C21H25N3O2. The number of hydrogen-bond donors (Lipinski definition) is 1. The summed E-state index contributed by atoms with van der Waals surface area (Å²) in [6, 6.07) is 14.2. The SMILES string of the molecule is CCN(CC)c1ccc2cc(/C=C(\C#N)C(=O)NCCOC)ccc2c1. The number of anilines is 1. The number of hydrogen-bond acceptors (Lipinski definition) is 4. The molecule has 0 aliphatic heterocycles. The van der Waals surface area contributed by atoms with Gasteiger partial charge < -0.3 is 15.0 Å². The maximum atomic E-state index is 12.0. The van der Waals surface area contributed by atoms with Crippen LogP contribution in [0, 0.1) is 11.3 Å². The van der Waals surface area contributed by atoms with Crippen molar-refractivity contribution in [3.05, 3.63) is 47.5 Å². The Hall–Kier alpha value is -2.84. The molecule has 26 heavy (non-hydrogen) atoms. The van der Waals surface area contributed by atoms with Gasteiger partial charge in [-0.2, -0.15) is 5.26 Å². The van der Waals surface area contributed by atoms with E-state index in [1.165, 1.54) is 5.69 Å². The van der Waals surface area contributed by atoms with Crippen molar-refractivity contribution in [1.82, 2.24) is 5.32 Å². The van der Waals surface area contributed by atoms with Crippen molar-refractivity contribution >= 4 is 28.4 Å². The predicted molar refractivity (Wildman–Crippen MR) is 106 cm³/mol. The van der Waals surface area contributed by atoms with Gasteiger partial charge in [-0.05, 0) is 54.5 Å². The molecule has 0 heterocycles. The van der Waals surface area contributed by atoms with Crippen molar-refractivity contribution in [2.75, 3.05) is 38.3 Å². The quantitative estimate of drug-likeness (QED) is 0.450. The number of nitrogens with one attached hydrogen (secondary N) is 1. The minimum atomic E-state index is -0.387. The molecule has 0 aromatic heterocycles. The Labute approximate surface area is 154 Å². The van der Waals surface area contributed by atoms with Gasteiger partial charge in [0.25, 0.3) is 5.91 Å². The Morgan fingerprint density at radius 1 is 1.19 bits per heavy atom. The van der Waals surface area contributed by atoms with Gasteiger partial charge in [-0.1, -0.05) is 18.2 Å². The number of methoxy groups -OCH3 is 1. The number of nitrogens with zero attached hydrogens (tertiary/aromatic N) is 2. The van der Waals surface area contributed by atoms with Crippen LogP contribution < -0.4 is 10.2 Å². The van der Waals surface area contributed by atoms with Crippen molar-refractivity contribution in [2.45, 2.75) is 13.8 Å². The van der Waals surface area contributed by atoms with Crippen LogP contribution >= 0.6 is 0 Å². The molecule has 0 fully saturated rings. The molecule has 1 amide bonds. The van der Waals surface area contributed by atoms with Crippen molar-refractivity contribution in [3.63, 3.8) is 0 Å². The molecule has 0 saturated heterocycles. The van der Waals surface area contributed by atoms with Gasteiger partial charge >= 0.3 is 0 Å². The molecule has 5 heteroatoms. The normalized spacial score (nSPS) is 11.2. The van der Waals surface area contributed by atoms with Crippen LogP contribution in [0.25, 0.3) is 16.8 Å². The summed E-state index contributed by atoms with van der Waals surface area (Å²) in [6.45, 7) is 7.00. The van der Waals surface area contributed by atoms with E-state index in [-0.39, 0.29) is 11.5 Å². The van der Waals surface area contributed by atoms with Gasteiger partial charge in [-0.15, -0.1) is 0 Å². The smallest absolute Gasteiger partial charge is 0.262 e. The molecule has 0 aliphatic carbocycles. The molecule has 1 N–H and O–H groups in total. The fourth-order valence-electron chi connectivity index (χ4n) is 2.80. The van der Waals surface area contributed by atoms with Gasteiger partial charge in [0.15, 0.2) is 0 Å². The summed E-state index contributed by atoms with van der Waals surface area (Å²) < 4.78 is 4.89. The van der Waals surface area contributed by atoms with Crippen molar-refractivity contribution in [1.29, 1.82) is 5.26 Å². The van der Waals surface area contributed by atoms with Crippen LogP contribution in [0.2, 0.25) is 0 Å². The molecule has 136 valence electrons. The third-order valence-corrected chi connectivity index (χ3v) is 4.24. The molecular weight excluding hydrogens is 326 g/mol. The average Bonchev–Trinajstić information content (AvgIpc) is 2.67. The largest absolute Gasteiger partial charge is 0.383 e. The summed E-state index contributed by atoms with van der Waals surface area (Å²) in [7, 11) is 1.56. The summed E-state index contributed by atoms with van der Waals surface area (Å²) in [4.78, 5) is 14.3. The molecule has 0 bridgehead atoms. The molecule has 0 unspecified atom stereocenters. The molecule has 0 aliphatic rings. The van der Waals surface area contributed by atoms with E-state index in [0.717, 1.165) is 29.4 Å². The number of rotatable bonds is 8. The highest BCUT2D eigenvalue weighted by Gasteiger charge is 2.09. The lowest BCUT2D eigenvalue weighted by Crippen LogP contribution is -2.27. The lowest BCUT2D eigenvalue weighted by molar-refractivity contribution is -0.117. The van der Waals surface area contributed by atoms with Gasteiger partial charge in [0.05, 0.1) is 6.61 Å². The average molecular weight is 351 g/mol. The maximum absolute atomic E-state index is 12.0. The van der Waals surface area contributed by atoms with E-state index >= 15 is 0 Å². The first-order valence-corrected chi connectivity index (χ1v) is 8.80. The van der Waals surface area contributed by atoms with Crippen molar-refractivity contribution in [3.8, 4) is 6.07 Å². The molecule has 2 rings (SSSR count). The summed E-state index contributed by atoms with van der Waals surface area (Å²) in [5.41, 5.74) is 2.10. The Bertz CT molecular complexity index is 833. The summed E-state index contributed by atoms with van der Waals surface area (Å²) >= 11 is 0. The second-order valence-corrected chi connectivity index (χ2v) is 5.88. The standard InChI is InChI=1S/C21H25N3O2/c1-4-24(5-2)20-9-8-17-12-16(6-7-18(17)14-20)13-19(15-22)21(25)23-10-11-26-3/h6-9,12-14H,4-5,10-11H2,1-3H3,(H,23,25)/b19-13+. The molecule has 5 nitrogen and oxygen atoms in total. The van der Waals surface area contributed by atoms with E-state index < -0.39 is 0 Å². The third-order valence-electron chi connectivity index (χ3n) is 4.24. The van der Waals surface area contributed by atoms with Gasteiger partial charge in [-0.3, -0.25) is 4.79 Å². The first kappa shape index (κ1) is 19.5. The van der Waals surface area contributed by atoms with Crippen LogP contribution in [0.4, 0.5) is 5.69 Å². The van der Waals surface area contributed by atoms with Crippen molar-refractivity contribution < 1.29 is 9.53 Å². The second kappa shape index (κ2) is 9.59. The first-order valence-electron chi connectivity index (χ1n) is 8.80. The lowest BCUT2D eigenvalue weighted by Gasteiger charge is -2.21. The highest BCUT2D eigenvalue weighted by atomic mass is 16.5. The minimum absolute atomic E-state index is 0.0835. The van der Waals surface area contributed by atoms with Crippen LogP contribution in [0.1, 0.15) is 19.4 Å². The first-order chi connectivity index (χ1) is 12.6. The number of ether oxygens (including phenoxy) is 1. The van der Waals surface area contributed by atoms with Crippen LogP contribution in [-0.4, -0.2) is 39.3 Å². The third kappa shape index (κ3) is 4.84. The monoisotopic (exact) mass is 351 g/mol. The zero-order chi connectivity index (χ0) is 18.9. The van der Waals surface area contributed by atoms with E-state index in [9.17, 15) is 10.1 Å². The van der Waals surface area contributed by atoms with E-state index in [0.29, 0.717) is 13.2 Å². The summed E-state index contributed by atoms with van der Waals surface area (Å²) in [5.74, 6) is -0.387. The van der Waals surface area contributed by atoms with E-state index in [2.05, 4.69) is 42.3 Å². The van der Waals surface area contributed by atoms with Gasteiger partial charge in [0, 0.05) is 32.4 Å². The number of fused-ring (bicyclic) bond motifs is 1. The Morgan fingerprint density at radius 2 is 1.88 bits per heavy atom. The Balaban J connectivity index is 2.26. The molecule has 0 radical (unpaired) electrons. The van der Waals surface area contributed by atoms with Crippen molar-refractivity contribution in [2.24, 2.45) is 0 Å². The molecule has 0 atom stereocenters. The van der Waals surface area contributed by atoms with Gasteiger partial charge in [-0.25, -0.2) is 0 Å². The lowest BCUT2D eigenvalue weighted by atomic mass is 10.0. The zero-order valence-electron chi connectivity index (χ0n) is 15.6. The van der Waals surface area contributed by atoms with E-state index in [4.69, 9.17) is 4.74 Å². The maximum Gasteiger partial charge on any atom is 0.262 e. The van der Waals surface area contributed by atoms with Crippen LogP contribution in [0.5, 0.6) is 0 Å². The van der Waals surface area contributed by atoms with Gasteiger partial charge in [0.2, 0.25) is 0 Å². The minimum Gasteiger partial charge on any atom is -0.383 e. The number of nitriles is 1. The van der Waals surface area contributed by atoms with Crippen LogP contribution in [0.15, 0.2) is 42.0 Å². The topological polar surface area (TPSA) is 65.4 Å². The Kier molecular flexibility index (Phi) is 7.19. The fraction of sp³-hybridized carbons (Fsp3) is 0.333. The second-order valence-electron chi connectivity index (χ2n) is 5.88. The molecule has 2 aromatic rings. The number of benzene rings is 2. The number of carbonyl (C=O) groups is 1. The number of amides is 1.